The minimum Gasteiger partial charge on any atom is -0.358 e. The van der Waals surface area contributed by atoms with Gasteiger partial charge in [-0.15, -0.1) is 12.1 Å². The number of benzene rings is 1. The van der Waals surface area contributed by atoms with Crippen molar-refractivity contribution in [2.45, 2.75) is 13.3 Å². The van der Waals surface area contributed by atoms with Gasteiger partial charge in [0.15, 0.2) is 0 Å². The Kier molecular flexibility index (Phi) is 8.10. The van der Waals surface area contributed by atoms with E-state index >= 15 is 0 Å². The molecule has 0 saturated carbocycles. The molecule has 0 atom stereocenters. The van der Waals surface area contributed by atoms with Crippen LogP contribution in [0.15, 0.2) is 18.2 Å². The molecule has 0 fully saturated rings. The summed E-state index contributed by atoms with van der Waals surface area (Å²) in [6, 6.07) is 6.24. The van der Waals surface area contributed by atoms with Crippen molar-refractivity contribution in [1.82, 2.24) is 0 Å². The molecule has 63 valence electrons. The van der Waals surface area contributed by atoms with E-state index in [4.69, 9.17) is 0 Å². The van der Waals surface area contributed by atoms with Gasteiger partial charge in [0.2, 0.25) is 0 Å². The first kappa shape index (κ1) is 14.7. The molecule has 0 N–H and O–H groups in total. The number of aryl methyl sites for hydroxylation is 1. The van der Waals surface area contributed by atoms with Crippen molar-refractivity contribution in [2.24, 2.45) is 0 Å². The maximum absolute atomic E-state index is 3.89. The van der Waals surface area contributed by atoms with E-state index in [9.17, 15) is 0 Å². The Hall–Kier alpha value is 0.142. The summed E-state index contributed by atoms with van der Waals surface area (Å²) in [6.45, 7) is 9.79. The van der Waals surface area contributed by atoms with Crippen LogP contribution in [0.3, 0.4) is 0 Å². The van der Waals surface area contributed by atoms with Crippen molar-refractivity contribution in [3.63, 3.8) is 0 Å². The molecule has 0 unspecified atom stereocenters. The molecule has 1 aromatic rings. The van der Waals surface area contributed by atoms with Gasteiger partial charge in [0, 0.05) is 0 Å². The zero-order chi connectivity index (χ0) is 7.56. The second kappa shape index (κ2) is 6.64. The van der Waals surface area contributed by atoms with Gasteiger partial charge in [0.25, 0.3) is 0 Å². The summed E-state index contributed by atoms with van der Waals surface area (Å²) in [7, 11) is 0. The van der Waals surface area contributed by atoms with Crippen molar-refractivity contribution in [3.8, 4) is 0 Å². The van der Waals surface area contributed by atoms with Crippen molar-refractivity contribution < 1.29 is 31.1 Å². The van der Waals surface area contributed by atoms with Crippen LogP contribution in [-0.4, -0.2) is 0 Å². The normalized spacial score (nSPS) is 8.17. The zero-order valence-electron chi connectivity index (χ0n) is 7.85. The average Bonchev–Trinajstić information content (AvgIpc) is 1.94. The van der Waals surface area contributed by atoms with E-state index in [-0.39, 0.29) is 38.5 Å². The van der Waals surface area contributed by atoms with Gasteiger partial charge in [-0.25, -0.2) is 6.42 Å². The molecule has 0 bridgehead atoms. The molecule has 1 aromatic carbocycles. The van der Waals surface area contributed by atoms with E-state index in [1.54, 1.807) is 0 Å². The summed E-state index contributed by atoms with van der Waals surface area (Å²) in [5.41, 5.74) is 3.63. The van der Waals surface area contributed by atoms with Gasteiger partial charge in [-0.3, -0.25) is 0 Å². The third-order valence-electron chi connectivity index (χ3n) is 1.63. The van der Waals surface area contributed by atoms with E-state index in [1.807, 2.05) is 6.07 Å². The van der Waals surface area contributed by atoms with Crippen LogP contribution in [0.4, 0.5) is 0 Å². The Labute approximate surface area is 100 Å². The van der Waals surface area contributed by atoms with E-state index < -0.39 is 0 Å². The predicted octanol–water partition coefficient (Wildman–Crippen LogP) is 3.00. The Morgan fingerprint density at radius 2 is 1.92 bits per heavy atom. The molecule has 0 aliphatic rings. The maximum atomic E-state index is 3.89. The Balaban J connectivity index is 0. The first-order valence-electron chi connectivity index (χ1n) is 3.45. The first-order chi connectivity index (χ1) is 4.74. The van der Waals surface area contributed by atoms with Crippen LogP contribution >= 0.6 is 0 Å². The van der Waals surface area contributed by atoms with Gasteiger partial charge in [-0.1, -0.05) is 5.56 Å². The van der Waals surface area contributed by atoms with Crippen molar-refractivity contribution in [2.75, 3.05) is 0 Å². The molecule has 0 aliphatic heterocycles. The summed E-state index contributed by atoms with van der Waals surface area (Å²) in [6.07, 6.45) is 0.834. The Bertz CT molecular complexity index is 228. The van der Waals surface area contributed by atoms with Crippen LogP contribution in [0.1, 0.15) is 16.7 Å². The van der Waals surface area contributed by atoms with E-state index in [0.29, 0.717) is 0 Å². The van der Waals surface area contributed by atoms with Crippen LogP contribution < -0.4 is 0 Å². The van der Waals surface area contributed by atoms with Gasteiger partial charge < -0.3 is 14.4 Å². The van der Waals surface area contributed by atoms with E-state index in [0.717, 1.165) is 12.0 Å². The number of rotatable bonds is 1. The first-order valence-corrected chi connectivity index (χ1v) is 3.45. The number of hydrogen-bond donors (Lipinski definition) is 0. The molecular weight excluding hydrogens is 370 g/mol. The Morgan fingerprint density at radius 3 is 2.33 bits per heavy atom. The van der Waals surface area contributed by atoms with E-state index in [2.05, 4.69) is 32.9 Å². The average molecular weight is 385 g/mol. The fraction of sp³-hybridized carbons (Fsp3) is 0.182. The largest absolute Gasteiger partial charge is 3.00 e. The molecule has 12 heavy (non-hydrogen) atoms. The van der Waals surface area contributed by atoms with Crippen LogP contribution in [0.2, 0.25) is 0 Å². The Morgan fingerprint density at radius 1 is 1.33 bits per heavy atom. The minimum absolute atomic E-state index is 0. The summed E-state index contributed by atoms with van der Waals surface area (Å²) in [5, 5.41) is 0. The second-order valence-corrected chi connectivity index (χ2v) is 2.52. The third kappa shape index (κ3) is 3.70. The molecule has 0 aromatic heterocycles. The van der Waals surface area contributed by atoms with Gasteiger partial charge in [0.1, 0.15) is 0 Å². The maximum Gasteiger partial charge on any atom is 3.00 e. The zero-order valence-corrected chi connectivity index (χ0v) is 12.0. The molecule has 0 saturated heterocycles. The van der Waals surface area contributed by atoms with Crippen LogP contribution in [0.25, 0.3) is 0 Å². The van der Waals surface area contributed by atoms with E-state index in [1.165, 1.54) is 11.1 Å². The van der Waals surface area contributed by atoms with Crippen LogP contribution in [0.5, 0.6) is 0 Å². The quantitative estimate of drug-likeness (QED) is 0.653. The SMILES string of the molecule is [CH2-]Cc1cc(C)ccc1[CH2-].[CH3-].[U+3]. The van der Waals surface area contributed by atoms with Crippen LogP contribution in [-0.2, 0) is 6.42 Å². The standard InChI is InChI=1S/C10H12.CH3.U/c1-4-10-7-8(2)5-6-9(10)3;;/h5-7H,1,3-4H2,2H3;1H3;/q-2;-1;+3. The minimum atomic E-state index is 0. The van der Waals surface area contributed by atoms with Crippen molar-refractivity contribution >= 4 is 0 Å². The molecule has 1 rings (SSSR count). The van der Waals surface area contributed by atoms with Crippen molar-refractivity contribution in [1.29, 1.82) is 0 Å². The number of hydrogen-bond acceptors (Lipinski definition) is 0. The summed E-state index contributed by atoms with van der Waals surface area (Å²) >= 11 is 0. The van der Waals surface area contributed by atoms with Gasteiger partial charge in [0.05, 0.1) is 0 Å². The van der Waals surface area contributed by atoms with Crippen LogP contribution in [0, 0.1) is 59.3 Å². The molecule has 0 nitrogen and oxygen atoms in total. The molecule has 1 radical (unpaired) electrons. The molecule has 0 aliphatic carbocycles. The summed E-state index contributed by atoms with van der Waals surface area (Å²) in [5.74, 6) is 0. The smallest absolute Gasteiger partial charge is 0.358 e. The fourth-order valence-electron chi connectivity index (χ4n) is 0.987. The van der Waals surface area contributed by atoms with Gasteiger partial charge in [-0.05, 0) is 6.92 Å². The van der Waals surface area contributed by atoms with Gasteiger partial charge in [-0.2, -0.15) is 24.1 Å². The molecule has 0 spiro atoms. The fourth-order valence-corrected chi connectivity index (χ4v) is 0.987. The predicted molar refractivity (Wildman–Crippen MR) is 51.1 cm³/mol. The molecule has 0 heterocycles. The monoisotopic (exact) mass is 385 g/mol. The third-order valence-corrected chi connectivity index (χ3v) is 1.63. The van der Waals surface area contributed by atoms with Gasteiger partial charge >= 0.3 is 31.1 Å². The molecule has 1 heteroatoms. The molecular formula is C11H15U. The second-order valence-electron chi connectivity index (χ2n) is 2.52. The summed E-state index contributed by atoms with van der Waals surface area (Å²) in [4.78, 5) is 0. The molecule has 0 amide bonds. The van der Waals surface area contributed by atoms with Crippen molar-refractivity contribution in [3.05, 3.63) is 56.2 Å². The summed E-state index contributed by atoms with van der Waals surface area (Å²) < 4.78 is 0. The topological polar surface area (TPSA) is 0 Å².